The zero-order chi connectivity index (χ0) is 10.6. The summed E-state index contributed by atoms with van der Waals surface area (Å²) < 4.78 is 38.9. The molecule has 0 atom stereocenters. The van der Waals surface area contributed by atoms with E-state index in [9.17, 15) is 13.2 Å². The lowest BCUT2D eigenvalue weighted by molar-refractivity contribution is -0.274. The van der Waals surface area contributed by atoms with Gasteiger partial charge in [-0.15, -0.1) is 13.2 Å². The molecule has 0 fully saturated rings. The molecule has 0 amide bonds. The van der Waals surface area contributed by atoms with Crippen LogP contribution in [-0.4, -0.2) is 18.1 Å². The van der Waals surface area contributed by atoms with E-state index in [-0.39, 0.29) is 12.4 Å². The molecule has 0 saturated carbocycles. The minimum Gasteiger partial charge on any atom is -0.406 e. The number of ether oxygens (including phenoxy) is 1. The van der Waals surface area contributed by atoms with Gasteiger partial charge in [0.15, 0.2) is 0 Å². The summed E-state index contributed by atoms with van der Waals surface area (Å²) >= 11 is 0. The molecule has 0 aliphatic heterocycles. The predicted molar refractivity (Wildman–Crippen MR) is 43.9 cm³/mol. The van der Waals surface area contributed by atoms with Gasteiger partial charge in [-0.3, -0.25) is 0 Å². The van der Waals surface area contributed by atoms with Crippen LogP contribution in [-0.2, 0) is 6.42 Å². The van der Waals surface area contributed by atoms with Crippen LogP contribution in [0.5, 0.6) is 5.75 Å². The summed E-state index contributed by atoms with van der Waals surface area (Å²) in [4.78, 5) is 0. The number of aliphatic hydroxyl groups is 1. The van der Waals surface area contributed by atoms with Crippen molar-refractivity contribution >= 4 is 0 Å². The molecule has 1 N–H and O–H groups in total. The van der Waals surface area contributed by atoms with E-state index in [0.717, 1.165) is 5.56 Å². The topological polar surface area (TPSA) is 29.5 Å². The number of hydrogen-bond acceptors (Lipinski definition) is 2. The molecule has 0 saturated heterocycles. The van der Waals surface area contributed by atoms with E-state index in [1.807, 2.05) is 0 Å². The molecule has 0 unspecified atom stereocenters. The fraction of sp³-hybridized carbons (Fsp3) is 0.333. The summed E-state index contributed by atoms with van der Waals surface area (Å²) in [6.45, 7) is -0.0283. The first-order valence-corrected chi connectivity index (χ1v) is 3.97. The Hall–Kier alpha value is -1.23. The van der Waals surface area contributed by atoms with Gasteiger partial charge in [-0.05, 0) is 24.1 Å². The molecule has 1 aromatic carbocycles. The first kappa shape index (κ1) is 10.8. The van der Waals surface area contributed by atoms with Crippen molar-refractivity contribution in [2.24, 2.45) is 0 Å². The first-order valence-electron chi connectivity index (χ1n) is 3.97. The van der Waals surface area contributed by atoms with Gasteiger partial charge in [-0.2, -0.15) is 0 Å². The van der Waals surface area contributed by atoms with Crippen molar-refractivity contribution in [3.05, 3.63) is 29.8 Å². The second-order valence-electron chi connectivity index (χ2n) is 2.67. The molecule has 1 rings (SSSR count). The Labute approximate surface area is 78.9 Å². The van der Waals surface area contributed by atoms with Crippen LogP contribution in [0.25, 0.3) is 0 Å². The fourth-order valence-corrected chi connectivity index (χ4v) is 0.987. The highest BCUT2D eigenvalue weighted by molar-refractivity contribution is 5.27. The standard InChI is InChI=1S/C9H9F3O2/c10-9(11,12)14-8-3-1-7(2-4-8)5-6-13/h1-4,13H,5-6H2. The van der Waals surface area contributed by atoms with Crippen molar-refractivity contribution in [2.75, 3.05) is 6.61 Å². The third-order valence-corrected chi connectivity index (χ3v) is 1.56. The minimum absolute atomic E-state index is 0.0283. The van der Waals surface area contributed by atoms with Gasteiger partial charge < -0.3 is 9.84 Å². The molecular weight excluding hydrogens is 197 g/mol. The number of benzene rings is 1. The maximum absolute atomic E-state index is 11.7. The highest BCUT2D eigenvalue weighted by Gasteiger charge is 2.30. The molecule has 0 aromatic heterocycles. The van der Waals surface area contributed by atoms with E-state index in [1.165, 1.54) is 24.3 Å². The van der Waals surface area contributed by atoms with E-state index in [0.29, 0.717) is 6.42 Å². The summed E-state index contributed by atoms with van der Waals surface area (Å²) in [6, 6.07) is 5.41. The molecule has 1 aromatic rings. The third-order valence-electron chi connectivity index (χ3n) is 1.56. The second-order valence-corrected chi connectivity index (χ2v) is 2.67. The lowest BCUT2D eigenvalue weighted by Gasteiger charge is -2.08. The summed E-state index contributed by atoms with van der Waals surface area (Å²) in [6.07, 6.45) is -4.23. The molecule has 78 valence electrons. The lowest BCUT2D eigenvalue weighted by atomic mass is 10.1. The van der Waals surface area contributed by atoms with Gasteiger partial charge in [0.1, 0.15) is 5.75 Å². The van der Waals surface area contributed by atoms with Crippen molar-refractivity contribution in [2.45, 2.75) is 12.8 Å². The Balaban J connectivity index is 2.64. The molecular formula is C9H9F3O2. The van der Waals surface area contributed by atoms with Gasteiger partial charge in [-0.1, -0.05) is 12.1 Å². The minimum atomic E-state index is -4.65. The highest BCUT2D eigenvalue weighted by atomic mass is 19.4. The van der Waals surface area contributed by atoms with Crippen LogP contribution in [0, 0.1) is 0 Å². The molecule has 0 heterocycles. The number of hydrogen-bond donors (Lipinski definition) is 1. The SMILES string of the molecule is OCCc1ccc(OC(F)(F)F)cc1. The van der Waals surface area contributed by atoms with E-state index in [2.05, 4.69) is 4.74 Å². The molecule has 0 bridgehead atoms. The predicted octanol–water partition coefficient (Wildman–Crippen LogP) is 2.12. The van der Waals surface area contributed by atoms with Crippen LogP contribution in [0.4, 0.5) is 13.2 Å². The van der Waals surface area contributed by atoms with Gasteiger partial charge >= 0.3 is 6.36 Å². The summed E-state index contributed by atoms with van der Waals surface area (Å²) in [5.74, 6) is -0.251. The molecule has 5 heteroatoms. The molecule has 2 nitrogen and oxygen atoms in total. The fourth-order valence-electron chi connectivity index (χ4n) is 0.987. The van der Waals surface area contributed by atoms with Crippen molar-refractivity contribution in [1.82, 2.24) is 0 Å². The zero-order valence-electron chi connectivity index (χ0n) is 7.21. The monoisotopic (exact) mass is 206 g/mol. The summed E-state index contributed by atoms with van der Waals surface area (Å²) in [7, 11) is 0. The number of rotatable bonds is 3. The van der Waals surface area contributed by atoms with Crippen LogP contribution in [0.15, 0.2) is 24.3 Å². The Morgan fingerprint density at radius 2 is 1.71 bits per heavy atom. The van der Waals surface area contributed by atoms with Crippen LogP contribution >= 0.6 is 0 Å². The van der Waals surface area contributed by atoms with Crippen LogP contribution < -0.4 is 4.74 Å². The van der Waals surface area contributed by atoms with Gasteiger partial charge in [0, 0.05) is 6.61 Å². The normalized spacial score (nSPS) is 11.4. The van der Waals surface area contributed by atoms with Crippen molar-refractivity contribution in [3.63, 3.8) is 0 Å². The second kappa shape index (κ2) is 4.32. The first-order chi connectivity index (χ1) is 6.51. The van der Waals surface area contributed by atoms with Gasteiger partial charge in [-0.25, -0.2) is 0 Å². The summed E-state index contributed by atoms with van der Waals surface area (Å²) in [5, 5.41) is 8.56. The number of alkyl halides is 3. The molecule has 0 radical (unpaired) electrons. The maximum atomic E-state index is 11.7. The maximum Gasteiger partial charge on any atom is 0.573 e. The smallest absolute Gasteiger partial charge is 0.406 e. The zero-order valence-corrected chi connectivity index (χ0v) is 7.21. The Bertz CT molecular complexity index is 279. The highest BCUT2D eigenvalue weighted by Crippen LogP contribution is 2.22. The van der Waals surface area contributed by atoms with E-state index in [1.54, 1.807) is 0 Å². The average molecular weight is 206 g/mol. The largest absolute Gasteiger partial charge is 0.573 e. The molecule has 0 aliphatic rings. The summed E-state index contributed by atoms with van der Waals surface area (Å²) in [5.41, 5.74) is 0.766. The van der Waals surface area contributed by atoms with Crippen LogP contribution in [0.2, 0.25) is 0 Å². The van der Waals surface area contributed by atoms with Gasteiger partial charge in [0.05, 0.1) is 0 Å². The van der Waals surface area contributed by atoms with Gasteiger partial charge in [0.2, 0.25) is 0 Å². The van der Waals surface area contributed by atoms with Crippen molar-refractivity contribution in [3.8, 4) is 5.75 Å². The molecule has 0 spiro atoms. The van der Waals surface area contributed by atoms with Crippen molar-refractivity contribution in [1.29, 1.82) is 0 Å². The van der Waals surface area contributed by atoms with Gasteiger partial charge in [0.25, 0.3) is 0 Å². The van der Waals surface area contributed by atoms with Crippen molar-refractivity contribution < 1.29 is 23.0 Å². The van der Waals surface area contributed by atoms with E-state index in [4.69, 9.17) is 5.11 Å². The average Bonchev–Trinajstić information content (AvgIpc) is 2.06. The van der Waals surface area contributed by atoms with Crippen LogP contribution in [0.3, 0.4) is 0 Å². The Kier molecular flexibility index (Phi) is 3.35. The number of halogens is 3. The van der Waals surface area contributed by atoms with E-state index < -0.39 is 6.36 Å². The van der Waals surface area contributed by atoms with E-state index >= 15 is 0 Å². The Morgan fingerprint density at radius 1 is 1.14 bits per heavy atom. The third kappa shape index (κ3) is 3.66. The lowest BCUT2D eigenvalue weighted by Crippen LogP contribution is -2.17. The quantitative estimate of drug-likeness (QED) is 0.820. The number of aliphatic hydroxyl groups excluding tert-OH is 1. The molecule has 14 heavy (non-hydrogen) atoms. The molecule has 0 aliphatic carbocycles. The Morgan fingerprint density at radius 3 is 2.14 bits per heavy atom. The van der Waals surface area contributed by atoms with Crippen LogP contribution in [0.1, 0.15) is 5.56 Å².